The van der Waals surface area contributed by atoms with E-state index in [1.807, 2.05) is 6.92 Å². The average Bonchev–Trinajstić information content (AvgIpc) is 2.05. The zero-order valence-corrected chi connectivity index (χ0v) is 10.2. The number of hydrogen-bond acceptors (Lipinski definition) is 3. The Bertz CT molecular complexity index is 503. The number of carbonyl (C=O) groups is 1. The van der Waals surface area contributed by atoms with Crippen LogP contribution in [-0.4, -0.2) is 22.5 Å². The number of carbonyl (C=O) groups excluding carboxylic acids is 1. The number of ketones is 1. The van der Waals surface area contributed by atoms with Gasteiger partial charge in [-0.3, -0.25) is 4.79 Å². The Hall–Kier alpha value is -1.16. The van der Waals surface area contributed by atoms with Gasteiger partial charge in [-0.1, -0.05) is 0 Å². The van der Waals surface area contributed by atoms with E-state index in [9.17, 15) is 9.00 Å². The first-order valence-electron chi connectivity index (χ1n) is 4.58. The third-order valence-corrected chi connectivity index (χ3v) is 2.56. The largest absolute Gasteiger partial charge is 0.295 e. The van der Waals surface area contributed by atoms with E-state index in [1.165, 1.54) is 6.92 Å². The molecule has 0 bridgehead atoms. The second kappa shape index (κ2) is 4.14. The minimum atomic E-state index is -2.14. The van der Waals surface area contributed by atoms with Gasteiger partial charge in [0.2, 0.25) is 0 Å². The van der Waals surface area contributed by atoms with E-state index in [0.29, 0.717) is 11.3 Å². The molecule has 0 saturated carbocycles. The minimum absolute atomic E-state index is 0.0263. The lowest BCUT2D eigenvalue weighted by molar-refractivity contribution is 0.101. The lowest BCUT2D eigenvalue weighted by Crippen LogP contribution is -1.94. The molecule has 0 saturated heterocycles. The number of Topliss-reactive ketones (excluding diaryl/α,β-unsaturated/α-hetero) is 1. The van der Waals surface area contributed by atoms with E-state index >= 15 is 0 Å². The smallest absolute Gasteiger partial charge is 0.159 e. The van der Waals surface area contributed by atoms with E-state index in [0.717, 1.165) is 5.56 Å². The predicted molar refractivity (Wildman–Crippen MR) is 63.3 cm³/mol. The van der Waals surface area contributed by atoms with E-state index in [1.54, 1.807) is 30.7 Å². The molecule has 0 aliphatic heterocycles. The van der Waals surface area contributed by atoms with Crippen molar-refractivity contribution in [2.45, 2.75) is 13.8 Å². The molecule has 3 nitrogen and oxygen atoms in total. The molecule has 0 amide bonds. The van der Waals surface area contributed by atoms with Crippen molar-refractivity contribution in [2.24, 2.45) is 4.36 Å². The number of aryl methyl sites for hydroxylation is 1. The Morgan fingerprint density at radius 1 is 1.33 bits per heavy atom. The summed E-state index contributed by atoms with van der Waals surface area (Å²) in [6.45, 7) is 3.38. The normalized spacial score (nSPS) is 11.2. The standard InChI is InChI=1S/C11H15NO2S/c1-8-7-10(9(2)13)5-6-11(8)12-15(3,4)14/h5-7H,1-4H3. The first-order chi connectivity index (χ1) is 6.79. The summed E-state index contributed by atoms with van der Waals surface area (Å²) in [6, 6.07) is 5.21. The topological polar surface area (TPSA) is 46.5 Å². The van der Waals surface area contributed by atoms with Crippen LogP contribution in [0.5, 0.6) is 0 Å². The number of rotatable bonds is 2. The average molecular weight is 225 g/mol. The Balaban J connectivity index is 3.27. The lowest BCUT2D eigenvalue weighted by Gasteiger charge is -2.03. The molecule has 0 N–H and O–H groups in total. The maximum Gasteiger partial charge on any atom is 0.159 e. The Kier molecular flexibility index (Phi) is 3.29. The molecule has 0 unspecified atom stereocenters. The Labute approximate surface area is 90.7 Å². The highest BCUT2D eigenvalue weighted by atomic mass is 32.2. The molecule has 1 aromatic carbocycles. The molecule has 1 rings (SSSR count). The quantitative estimate of drug-likeness (QED) is 0.726. The summed E-state index contributed by atoms with van der Waals surface area (Å²) in [6.07, 6.45) is 3.18. The predicted octanol–water partition coefficient (Wildman–Crippen LogP) is 2.56. The van der Waals surface area contributed by atoms with Crippen LogP contribution in [-0.2, 0) is 9.73 Å². The van der Waals surface area contributed by atoms with Gasteiger partial charge in [-0.2, -0.15) is 4.36 Å². The van der Waals surface area contributed by atoms with Crippen LogP contribution >= 0.6 is 0 Å². The highest BCUT2D eigenvalue weighted by Crippen LogP contribution is 2.21. The van der Waals surface area contributed by atoms with Gasteiger partial charge in [-0.25, -0.2) is 4.21 Å². The van der Waals surface area contributed by atoms with Crippen molar-refractivity contribution in [2.75, 3.05) is 12.5 Å². The van der Waals surface area contributed by atoms with Crippen molar-refractivity contribution in [1.82, 2.24) is 0 Å². The highest BCUT2D eigenvalue weighted by molar-refractivity contribution is 7.92. The van der Waals surface area contributed by atoms with Crippen LogP contribution in [0.25, 0.3) is 0 Å². The molecule has 0 aromatic heterocycles. The van der Waals surface area contributed by atoms with Crippen LogP contribution in [0.4, 0.5) is 5.69 Å². The monoisotopic (exact) mass is 225 g/mol. The summed E-state index contributed by atoms with van der Waals surface area (Å²) >= 11 is 0. The number of benzene rings is 1. The summed E-state index contributed by atoms with van der Waals surface area (Å²) in [7, 11) is -2.14. The van der Waals surface area contributed by atoms with Gasteiger partial charge in [0.1, 0.15) is 0 Å². The van der Waals surface area contributed by atoms with Gasteiger partial charge in [0.05, 0.1) is 5.69 Å². The molecule has 15 heavy (non-hydrogen) atoms. The van der Waals surface area contributed by atoms with Crippen LogP contribution in [0.2, 0.25) is 0 Å². The molecule has 0 heterocycles. The van der Waals surface area contributed by atoms with Crippen LogP contribution in [0.3, 0.4) is 0 Å². The molecule has 0 radical (unpaired) electrons. The molecule has 0 aliphatic rings. The molecule has 0 aliphatic carbocycles. The van der Waals surface area contributed by atoms with Gasteiger partial charge in [0.25, 0.3) is 0 Å². The van der Waals surface area contributed by atoms with Crippen molar-refractivity contribution < 1.29 is 9.00 Å². The van der Waals surface area contributed by atoms with Crippen LogP contribution in [0.15, 0.2) is 22.6 Å². The maximum atomic E-state index is 11.5. The highest BCUT2D eigenvalue weighted by Gasteiger charge is 2.03. The summed E-state index contributed by atoms with van der Waals surface area (Å²) in [5.74, 6) is 0.0263. The minimum Gasteiger partial charge on any atom is -0.295 e. The SMILES string of the molecule is CC(=O)c1ccc(N=S(C)(C)=O)c(C)c1. The van der Waals surface area contributed by atoms with Gasteiger partial charge >= 0.3 is 0 Å². The van der Waals surface area contributed by atoms with E-state index in [4.69, 9.17) is 0 Å². The molecule has 1 aromatic rings. The van der Waals surface area contributed by atoms with Crippen molar-refractivity contribution in [1.29, 1.82) is 0 Å². The molecule has 0 fully saturated rings. The lowest BCUT2D eigenvalue weighted by atomic mass is 10.1. The Morgan fingerprint density at radius 2 is 1.93 bits per heavy atom. The summed E-state index contributed by atoms with van der Waals surface area (Å²) in [5.41, 5.74) is 2.22. The van der Waals surface area contributed by atoms with Gasteiger partial charge in [-0.15, -0.1) is 0 Å². The fraction of sp³-hybridized carbons (Fsp3) is 0.364. The summed E-state index contributed by atoms with van der Waals surface area (Å²) < 4.78 is 15.6. The molecule has 0 atom stereocenters. The fourth-order valence-corrected chi connectivity index (χ4v) is 1.89. The molecule has 82 valence electrons. The van der Waals surface area contributed by atoms with Crippen molar-refractivity contribution in [3.8, 4) is 0 Å². The zero-order valence-electron chi connectivity index (χ0n) is 9.40. The molecule has 0 spiro atoms. The first kappa shape index (κ1) is 11.9. The van der Waals surface area contributed by atoms with Gasteiger partial charge in [-0.05, 0) is 37.6 Å². The molecule has 4 heteroatoms. The molecular formula is C11H15NO2S. The van der Waals surface area contributed by atoms with Gasteiger partial charge in [0.15, 0.2) is 5.78 Å². The Morgan fingerprint density at radius 3 is 2.33 bits per heavy atom. The first-order valence-corrected chi connectivity index (χ1v) is 6.91. The fourth-order valence-electron chi connectivity index (χ4n) is 1.21. The third kappa shape index (κ3) is 3.47. The van der Waals surface area contributed by atoms with Crippen molar-refractivity contribution in [3.05, 3.63) is 29.3 Å². The molecular weight excluding hydrogens is 210 g/mol. The zero-order chi connectivity index (χ0) is 11.6. The van der Waals surface area contributed by atoms with Gasteiger partial charge < -0.3 is 0 Å². The third-order valence-electron chi connectivity index (χ3n) is 1.92. The van der Waals surface area contributed by atoms with E-state index in [-0.39, 0.29) is 5.78 Å². The van der Waals surface area contributed by atoms with Crippen LogP contribution < -0.4 is 0 Å². The number of hydrogen-bond donors (Lipinski definition) is 0. The maximum absolute atomic E-state index is 11.5. The van der Waals surface area contributed by atoms with E-state index < -0.39 is 9.73 Å². The number of nitrogens with zero attached hydrogens (tertiary/aromatic N) is 1. The van der Waals surface area contributed by atoms with Crippen molar-refractivity contribution >= 4 is 21.2 Å². The second-order valence-electron chi connectivity index (χ2n) is 3.83. The van der Waals surface area contributed by atoms with Gasteiger partial charge in [0, 0.05) is 27.8 Å². The van der Waals surface area contributed by atoms with E-state index in [2.05, 4.69) is 4.36 Å². The van der Waals surface area contributed by atoms with Crippen LogP contribution in [0, 0.1) is 6.92 Å². The van der Waals surface area contributed by atoms with Crippen LogP contribution in [0.1, 0.15) is 22.8 Å². The van der Waals surface area contributed by atoms with Crippen molar-refractivity contribution in [3.63, 3.8) is 0 Å². The summed E-state index contributed by atoms with van der Waals surface area (Å²) in [5, 5.41) is 0. The second-order valence-corrected chi connectivity index (χ2v) is 6.38. The summed E-state index contributed by atoms with van der Waals surface area (Å²) in [4.78, 5) is 11.1.